The Morgan fingerprint density at radius 1 is 1.35 bits per heavy atom. The highest BCUT2D eigenvalue weighted by molar-refractivity contribution is 9.10. The molecule has 0 aliphatic carbocycles. The van der Waals surface area contributed by atoms with Crippen LogP contribution in [0.5, 0.6) is 0 Å². The molecular formula is C12H18BrN3O3S. The third kappa shape index (κ3) is 5.10. The van der Waals surface area contributed by atoms with Gasteiger partial charge in [0, 0.05) is 29.7 Å². The lowest BCUT2D eigenvalue weighted by Gasteiger charge is -2.08. The van der Waals surface area contributed by atoms with E-state index in [0.29, 0.717) is 16.7 Å². The second-order valence-electron chi connectivity index (χ2n) is 4.18. The van der Waals surface area contributed by atoms with Gasteiger partial charge in [-0.15, -0.1) is 0 Å². The van der Waals surface area contributed by atoms with Gasteiger partial charge in [0.25, 0.3) is 0 Å². The quantitative estimate of drug-likeness (QED) is 0.634. The van der Waals surface area contributed by atoms with Crippen molar-refractivity contribution in [1.29, 1.82) is 0 Å². The maximum atomic E-state index is 12.0. The van der Waals surface area contributed by atoms with Crippen molar-refractivity contribution in [2.45, 2.75) is 24.7 Å². The van der Waals surface area contributed by atoms with Crippen molar-refractivity contribution in [3.8, 4) is 0 Å². The number of nitrogens with two attached hydrogens (primary N) is 1. The van der Waals surface area contributed by atoms with Crippen molar-refractivity contribution in [3.63, 3.8) is 0 Å². The fourth-order valence-electron chi connectivity index (χ4n) is 1.42. The summed E-state index contributed by atoms with van der Waals surface area (Å²) in [4.78, 5) is 11.4. The first-order valence-electron chi connectivity index (χ1n) is 6.18. The number of benzene rings is 1. The first-order chi connectivity index (χ1) is 9.36. The molecule has 6 nitrogen and oxygen atoms in total. The number of nitrogen functional groups attached to an aromatic ring is 1. The highest BCUT2D eigenvalue weighted by atomic mass is 79.9. The molecule has 0 radical (unpaired) electrons. The van der Waals surface area contributed by atoms with Gasteiger partial charge in [0.1, 0.15) is 0 Å². The van der Waals surface area contributed by atoms with Gasteiger partial charge in [-0.3, -0.25) is 4.79 Å². The van der Waals surface area contributed by atoms with Crippen molar-refractivity contribution in [1.82, 2.24) is 10.0 Å². The summed E-state index contributed by atoms with van der Waals surface area (Å²) in [6, 6.07) is 4.38. The van der Waals surface area contributed by atoms with Crippen LogP contribution in [0.2, 0.25) is 0 Å². The van der Waals surface area contributed by atoms with Crippen molar-refractivity contribution >= 4 is 37.5 Å². The molecule has 20 heavy (non-hydrogen) atoms. The van der Waals surface area contributed by atoms with E-state index < -0.39 is 10.0 Å². The first kappa shape index (κ1) is 16.9. The Morgan fingerprint density at radius 3 is 2.65 bits per heavy atom. The Labute approximate surface area is 127 Å². The number of sulfonamides is 1. The van der Waals surface area contributed by atoms with Crippen LogP contribution >= 0.6 is 15.9 Å². The summed E-state index contributed by atoms with van der Waals surface area (Å²) in [5.41, 5.74) is 5.99. The number of anilines is 1. The van der Waals surface area contributed by atoms with Crippen molar-refractivity contribution in [2.75, 3.05) is 18.8 Å². The molecule has 1 rings (SSSR count). The summed E-state index contributed by atoms with van der Waals surface area (Å²) < 4.78 is 27.0. The van der Waals surface area contributed by atoms with Crippen LogP contribution in [0, 0.1) is 0 Å². The molecular weight excluding hydrogens is 346 g/mol. The lowest BCUT2D eigenvalue weighted by atomic mass is 10.3. The number of hydrogen-bond donors (Lipinski definition) is 3. The number of nitrogens with one attached hydrogen (secondary N) is 2. The SMILES string of the molecule is CCCNC(=O)CCNS(=O)(=O)c1ccc(Br)c(N)c1. The Hall–Kier alpha value is -1.12. The van der Waals surface area contributed by atoms with Crippen molar-refractivity contribution < 1.29 is 13.2 Å². The summed E-state index contributed by atoms with van der Waals surface area (Å²) in [6.07, 6.45) is 0.945. The number of carbonyl (C=O) groups excluding carboxylic acids is 1. The second-order valence-corrected chi connectivity index (χ2v) is 6.80. The van der Waals surface area contributed by atoms with Crippen LogP contribution in [-0.4, -0.2) is 27.4 Å². The molecule has 4 N–H and O–H groups in total. The van der Waals surface area contributed by atoms with Gasteiger partial charge in [0.2, 0.25) is 15.9 Å². The van der Waals surface area contributed by atoms with Gasteiger partial charge in [-0.05, 0) is 40.5 Å². The molecule has 0 atom stereocenters. The molecule has 0 heterocycles. The summed E-state index contributed by atoms with van der Waals surface area (Å²) >= 11 is 3.20. The molecule has 0 spiro atoms. The van der Waals surface area contributed by atoms with E-state index in [1.165, 1.54) is 12.1 Å². The first-order valence-corrected chi connectivity index (χ1v) is 8.46. The van der Waals surface area contributed by atoms with Crippen LogP contribution in [0.15, 0.2) is 27.6 Å². The van der Waals surface area contributed by atoms with Gasteiger partial charge in [-0.1, -0.05) is 6.92 Å². The van der Waals surface area contributed by atoms with Crippen molar-refractivity contribution in [3.05, 3.63) is 22.7 Å². The summed E-state index contributed by atoms with van der Waals surface area (Å²) in [7, 11) is -3.65. The molecule has 1 aromatic carbocycles. The third-order valence-electron chi connectivity index (χ3n) is 2.49. The Morgan fingerprint density at radius 2 is 2.05 bits per heavy atom. The summed E-state index contributed by atoms with van der Waals surface area (Å²) in [6.45, 7) is 2.59. The Bertz CT molecular complexity index is 575. The predicted molar refractivity (Wildman–Crippen MR) is 81.7 cm³/mol. The van der Waals surface area contributed by atoms with Crippen LogP contribution in [-0.2, 0) is 14.8 Å². The molecule has 0 fully saturated rings. The molecule has 1 aromatic rings. The zero-order valence-electron chi connectivity index (χ0n) is 11.1. The number of hydrogen-bond acceptors (Lipinski definition) is 4. The monoisotopic (exact) mass is 363 g/mol. The highest BCUT2D eigenvalue weighted by Gasteiger charge is 2.15. The molecule has 0 saturated heterocycles. The van der Waals surface area contributed by atoms with Gasteiger partial charge >= 0.3 is 0 Å². The minimum atomic E-state index is -3.65. The van der Waals surface area contributed by atoms with Crippen LogP contribution < -0.4 is 15.8 Å². The summed E-state index contributed by atoms with van der Waals surface area (Å²) in [5.74, 6) is -0.176. The van der Waals surface area contributed by atoms with Gasteiger partial charge in [0.05, 0.1) is 4.90 Å². The molecule has 0 aliphatic heterocycles. The average molecular weight is 364 g/mol. The third-order valence-corrected chi connectivity index (χ3v) is 4.67. The maximum Gasteiger partial charge on any atom is 0.240 e. The minimum absolute atomic E-state index is 0.0495. The average Bonchev–Trinajstić information content (AvgIpc) is 2.39. The van der Waals surface area contributed by atoms with Crippen LogP contribution in [0.25, 0.3) is 0 Å². The zero-order chi connectivity index (χ0) is 15.2. The number of halogens is 1. The van der Waals surface area contributed by atoms with Crippen LogP contribution in [0.3, 0.4) is 0 Å². The molecule has 8 heteroatoms. The standard InChI is InChI=1S/C12H18BrN3O3S/c1-2-6-15-12(17)5-7-16-20(18,19)9-3-4-10(13)11(14)8-9/h3-4,8,16H,2,5-7,14H2,1H3,(H,15,17). The Kier molecular flexibility index (Phi) is 6.44. The Balaban J connectivity index is 2.57. The van der Waals surface area contributed by atoms with Crippen LogP contribution in [0.1, 0.15) is 19.8 Å². The molecule has 0 unspecified atom stereocenters. The largest absolute Gasteiger partial charge is 0.398 e. The van der Waals surface area contributed by atoms with E-state index in [1.807, 2.05) is 6.92 Å². The zero-order valence-corrected chi connectivity index (χ0v) is 13.6. The molecule has 0 bridgehead atoms. The van der Waals surface area contributed by atoms with Gasteiger partial charge < -0.3 is 11.1 Å². The van der Waals surface area contributed by atoms with Gasteiger partial charge in [-0.2, -0.15) is 0 Å². The van der Waals surface area contributed by atoms with Gasteiger partial charge in [0.15, 0.2) is 0 Å². The van der Waals surface area contributed by atoms with E-state index in [0.717, 1.165) is 6.42 Å². The van der Waals surface area contributed by atoms with Crippen molar-refractivity contribution in [2.24, 2.45) is 0 Å². The molecule has 112 valence electrons. The minimum Gasteiger partial charge on any atom is -0.398 e. The van der Waals surface area contributed by atoms with E-state index in [4.69, 9.17) is 5.73 Å². The maximum absolute atomic E-state index is 12.0. The van der Waals surface area contributed by atoms with E-state index in [-0.39, 0.29) is 23.8 Å². The fourth-order valence-corrected chi connectivity index (χ4v) is 2.74. The van der Waals surface area contributed by atoms with Crippen LogP contribution in [0.4, 0.5) is 5.69 Å². The fraction of sp³-hybridized carbons (Fsp3) is 0.417. The number of amides is 1. The van der Waals surface area contributed by atoms with E-state index in [9.17, 15) is 13.2 Å². The lowest BCUT2D eigenvalue weighted by molar-refractivity contribution is -0.120. The van der Waals surface area contributed by atoms with Gasteiger partial charge in [-0.25, -0.2) is 13.1 Å². The lowest BCUT2D eigenvalue weighted by Crippen LogP contribution is -2.31. The van der Waals surface area contributed by atoms with E-state index in [2.05, 4.69) is 26.0 Å². The molecule has 0 aromatic heterocycles. The number of carbonyl (C=O) groups is 1. The predicted octanol–water partition coefficient (Wildman–Crippen LogP) is 1.23. The molecule has 0 saturated carbocycles. The molecule has 0 aliphatic rings. The number of rotatable bonds is 7. The normalized spacial score (nSPS) is 11.3. The molecule has 1 amide bonds. The van der Waals surface area contributed by atoms with E-state index >= 15 is 0 Å². The smallest absolute Gasteiger partial charge is 0.240 e. The topological polar surface area (TPSA) is 101 Å². The second kappa shape index (κ2) is 7.61. The highest BCUT2D eigenvalue weighted by Crippen LogP contribution is 2.22. The van der Waals surface area contributed by atoms with E-state index in [1.54, 1.807) is 6.07 Å². The summed E-state index contributed by atoms with van der Waals surface area (Å²) in [5, 5.41) is 2.67.